The van der Waals surface area contributed by atoms with Crippen LogP contribution in [0.5, 0.6) is 11.5 Å². The molecule has 1 aliphatic carbocycles. The van der Waals surface area contributed by atoms with Crippen LogP contribution in [0.1, 0.15) is 30.9 Å². The van der Waals surface area contributed by atoms with Crippen molar-refractivity contribution in [3.8, 4) is 11.5 Å². The van der Waals surface area contributed by atoms with Gasteiger partial charge in [0.1, 0.15) is 6.10 Å². The predicted molar refractivity (Wildman–Crippen MR) is 84.6 cm³/mol. The van der Waals surface area contributed by atoms with Crippen molar-refractivity contribution in [2.45, 2.75) is 43.9 Å². The number of ether oxygens (including phenoxy) is 2. The molecule has 23 heavy (non-hydrogen) atoms. The van der Waals surface area contributed by atoms with Crippen LogP contribution in [0.15, 0.2) is 24.3 Å². The van der Waals surface area contributed by atoms with Gasteiger partial charge >= 0.3 is 5.97 Å². The van der Waals surface area contributed by atoms with E-state index in [4.69, 9.17) is 9.47 Å². The maximum Gasteiger partial charge on any atom is 0.308 e. The molecule has 4 rings (SSSR count). The molecule has 0 saturated heterocycles. The lowest BCUT2D eigenvalue weighted by Gasteiger charge is -2.35. The number of aliphatic hydroxyl groups excluding tert-OH is 1. The van der Waals surface area contributed by atoms with Gasteiger partial charge in [0.05, 0.1) is 11.5 Å². The molecule has 2 heterocycles. The Morgan fingerprint density at radius 2 is 2.30 bits per heavy atom. The summed E-state index contributed by atoms with van der Waals surface area (Å²) >= 11 is 0. The second-order valence-corrected chi connectivity index (χ2v) is 6.82. The van der Waals surface area contributed by atoms with Crippen molar-refractivity contribution < 1.29 is 19.4 Å². The summed E-state index contributed by atoms with van der Waals surface area (Å²) in [5.74, 6) is 0.809. The number of rotatable bonds is 1. The Kier molecular flexibility index (Phi) is 3.25. The first kappa shape index (κ1) is 14.7. The van der Waals surface area contributed by atoms with Crippen LogP contribution in [0, 0.1) is 0 Å². The van der Waals surface area contributed by atoms with Crippen molar-refractivity contribution in [2.24, 2.45) is 0 Å². The van der Waals surface area contributed by atoms with Crippen LogP contribution in [-0.2, 0) is 16.8 Å². The number of aliphatic hydroxyl groups is 1. The van der Waals surface area contributed by atoms with E-state index in [1.54, 1.807) is 0 Å². The minimum Gasteiger partial charge on any atom is -0.485 e. The van der Waals surface area contributed by atoms with Crippen LogP contribution in [0.25, 0.3) is 0 Å². The Morgan fingerprint density at radius 1 is 1.48 bits per heavy atom. The number of esters is 1. The standard InChI is InChI=1S/C18H21NO4/c1-11(20)22-14-4-3-12-10-19(2)8-7-18-6-5-13(21)9-15(18)23-17(14)16(12)18/h3-6,13,15,21H,7-10H2,1-2H3/t13-,15-,18-/m0/s1. The first-order valence-corrected chi connectivity index (χ1v) is 8.07. The first-order valence-electron chi connectivity index (χ1n) is 8.07. The van der Waals surface area contributed by atoms with Gasteiger partial charge in [0.2, 0.25) is 0 Å². The van der Waals surface area contributed by atoms with E-state index in [0.717, 1.165) is 25.1 Å². The summed E-state index contributed by atoms with van der Waals surface area (Å²) in [6.45, 7) is 3.20. The predicted octanol–water partition coefficient (Wildman–Crippen LogP) is 1.77. The van der Waals surface area contributed by atoms with E-state index in [0.29, 0.717) is 17.9 Å². The number of carbonyl (C=O) groups excluding carboxylic acids is 1. The summed E-state index contributed by atoms with van der Waals surface area (Å²) in [7, 11) is 2.11. The zero-order valence-corrected chi connectivity index (χ0v) is 13.4. The lowest BCUT2D eigenvalue weighted by Crippen LogP contribution is -2.42. The minimum atomic E-state index is -0.485. The van der Waals surface area contributed by atoms with Crippen LogP contribution in [0.3, 0.4) is 0 Å². The molecular weight excluding hydrogens is 294 g/mol. The third kappa shape index (κ3) is 2.18. The molecule has 122 valence electrons. The van der Waals surface area contributed by atoms with Crippen molar-refractivity contribution in [1.82, 2.24) is 4.90 Å². The molecule has 0 saturated carbocycles. The van der Waals surface area contributed by atoms with Crippen LogP contribution in [0.4, 0.5) is 0 Å². The zero-order chi connectivity index (χ0) is 16.2. The second-order valence-electron chi connectivity index (χ2n) is 6.82. The van der Waals surface area contributed by atoms with E-state index in [2.05, 4.69) is 18.0 Å². The first-order chi connectivity index (χ1) is 11.0. The van der Waals surface area contributed by atoms with Crippen molar-refractivity contribution in [1.29, 1.82) is 0 Å². The van der Waals surface area contributed by atoms with Crippen molar-refractivity contribution >= 4 is 5.97 Å². The Balaban J connectivity index is 1.91. The summed E-state index contributed by atoms with van der Waals surface area (Å²) in [5.41, 5.74) is 2.11. The second kappa shape index (κ2) is 5.08. The number of nitrogens with zero attached hydrogens (tertiary/aromatic N) is 1. The highest BCUT2D eigenvalue weighted by atomic mass is 16.6. The fraction of sp³-hybridized carbons (Fsp3) is 0.500. The van der Waals surface area contributed by atoms with Gasteiger partial charge in [0, 0.05) is 25.5 Å². The van der Waals surface area contributed by atoms with Crippen molar-refractivity contribution in [2.75, 3.05) is 13.6 Å². The molecule has 1 N–H and O–H groups in total. The van der Waals surface area contributed by atoms with Crippen LogP contribution in [-0.4, -0.2) is 41.8 Å². The summed E-state index contributed by atoms with van der Waals surface area (Å²) in [5, 5.41) is 10.0. The van der Waals surface area contributed by atoms with Gasteiger partial charge in [-0.1, -0.05) is 18.2 Å². The molecule has 0 unspecified atom stereocenters. The average Bonchev–Trinajstić information content (AvgIpc) is 2.74. The molecular formula is C18H21NO4. The molecule has 5 nitrogen and oxygen atoms in total. The van der Waals surface area contributed by atoms with Gasteiger partial charge < -0.3 is 19.5 Å². The van der Waals surface area contributed by atoms with Crippen molar-refractivity contribution in [3.63, 3.8) is 0 Å². The van der Waals surface area contributed by atoms with E-state index < -0.39 is 6.10 Å². The van der Waals surface area contributed by atoms with E-state index in [9.17, 15) is 9.90 Å². The van der Waals surface area contributed by atoms with E-state index in [-0.39, 0.29) is 17.5 Å². The fourth-order valence-electron chi connectivity index (χ4n) is 4.15. The topological polar surface area (TPSA) is 59.0 Å². The molecule has 1 spiro atoms. The number of benzene rings is 1. The summed E-state index contributed by atoms with van der Waals surface area (Å²) in [6, 6.07) is 3.85. The molecule has 0 amide bonds. The average molecular weight is 315 g/mol. The van der Waals surface area contributed by atoms with Crippen LogP contribution >= 0.6 is 0 Å². The fourth-order valence-corrected chi connectivity index (χ4v) is 4.15. The Bertz CT molecular complexity index is 699. The van der Waals surface area contributed by atoms with Gasteiger partial charge in [0.25, 0.3) is 0 Å². The smallest absolute Gasteiger partial charge is 0.308 e. The highest BCUT2D eigenvalue weighted by Gasteiger charge is 2.52. The Hall–Kier alpha value is -1.85. The third-order valence-corrected chi connectivity index (χ3v) is 5.18. The largest absolute Gasteiger partial charge is 0.485 e. The molecule has 1 aromatic rings. The third-order valence-electron chi connectivity index (χ3n) is 5.18. The maximum atomic E-state index is 11.4. The summed E-state index contributed by atoms with van der Waals surface area (Å²) < 4.78 is 11.6. The molecule has 0 fully saturated rings. The van der Waals surface area contributed by atoms with Gasteiger partial charge in [-0.05, 0) is 31.6 Å². The lowest BCUT2D eigenvalue weighted by molar-refractivity contribution is -0.132. The highest BCUT2D eigenvalue weighted by molar-refractivity contribution is 5.72. The quantitative estimate of drug-likeness (QED) is 0.486. The zero-order valence-electron chi connectivity index (χ0n) is 13.4. The van der Waals surface area contributed by atoms with E-state index >= 15 is 0 Å². The molecule has 1 aromatic carbocycles. The summed E-state index contributed by atoms with van der Waals surface area (Å²) in [4.78, 5) is 13.7. The van der Waals surface area contributed by atoms with Crippen LogP contribution < -0.4 is 9.47 Å². The molecule has 3 aliphatic rings. The maximum absolute atomic E-state index is 11.4. The molecule has 0 aromatic heterocycles. The van der Waals surface area contributed by atoms with Gasteiger partial charge in [-0.25, -0.2) is 0 Å². The van der Waals surface area contributed by atoms with Crippen LogP contribution in [0.2, 0.25) is 0 Å². The molecule has 0 radical (unpaired) electrons. The Labute approximate surface area is 135 Å². The Morgan fingerprint density at radius 3 is 3.09 bits per heavy atom. The normalized spacial score (nSPS) is 31.8. The number of carbonyl (C=O) groups is 1. The SMILES string of the molecule is CC(=O)Oc1ccc2c3c1O[C@H]1C[C@@H](O)C=C[C@@]31CCN(C)C2. The van der Waals surface area contributed by atoms with Gasteiger partial charge in [-0.15, -0.1) is 0 Å². The number of hydrogen-bond acceptors (Lipinski definition) is 5. The van der Waals surface area contributed by atoms with E-state index in [1.165, 1.54) is 12.5 Å². The minimum absolute atomic E-state index is 0.112. The molecule has 5 heteroatoms. The van der Waals surface area contributed by atoms with Crippen molar-refractivity contribution in [3.05, 3.63) is 35.4 Å². The van der Waals surface area contributed by atoms with Gasteiger partial charge in [-0.3, -0.25) is 4.79 Å². The molecule has 2 aliphatic heterocycles. The molecule has 0 bridgehead atoms. The van der Waals surface area contributed by atoms with E-state index in [1.807, 2.05) is 18.2 Å². The lowest BCUT2D eigenvalue weighted by atomic mass is 9.69. The highest BCUT2D eigenvalue weighted by Crippen LogP contribution is 2.55. The number of hydrogen-bond donors (Lipinski definition) is 1. The monoisotopic (exact) mass is 315 g/mol. The van der Waals surface area contributed by atoms with Gasteiger partial charge in [-0.2, -0.15) is 0 Å². The molecule has 3 atom stereocenters. The summed E-state index contributed by atoms with van der Waals surface area (Å²) in [6.07, 6.45) is 4.89. The van der Waals surface area contributed by atoms with Gasteiger partial charge in [0.15, 0.2) is 11.5 Å².